The number of unbranched alkanes of at least 4 members (excludes halogenated alkanes) is 1. The molecule has 0 amide bonds. The van der Waals surface area contributed by atoms with Gasteiger partial charge in [-0.15, -0.1) is 0 Å². The van der Waals surface area contributed by atoms with Crippen molar-refractivity contribution >= 4 is 23.1 Å². The molecular weight excluding hydrogens is 226 g/mol. The average Bonchev–Trinajstić information content (AvgIpc) is 2.22. The van der Waals surface area contributed by atoms with Crippen LogP contribution in [0.15, 0.2) is 6.20 Å². The maximum absolute atomic E-state index is 5.70. The summed E-state index contributed by atoms with van der Waals surface area (Å²) >= 11 is 5.67. The molecule has 0 aliphatic heterocycles. The Balaban J connectivity index is 2.29. The average molecular weight is 244 g/mol. The Morgan fingerprint density at radius 1 is 1.44 bits per heavy atom. The van der Waals surface area contributed by atoms with Crippen molar-refractivity contribution < 1.29 is 0 Å². The second-order valence-corrected chi connectivity index (χ2v) is 4.22. The quantitative estimate of drug-likeness (QED) is 0.585. The Hall–Kier alpha value is -1.07. The molecule has 1 aromatic rings. The lowest BCUT2D eigenvalue weighted by atomic mass is 10.3. The standard InChI is InChI=1S/C10H18ClN5/c1-16(2)6-4-3-5-13-9-8(12)7-14-10(11)15-9/h7H,3-6,12H2,1-2H3,(H,13,14,15). The van der Waals surface area contributed by atoms with E-state index in [4.69, 9.17) is 17.3 Å². The van der Waals surface area contributed by atoms with Crippen LogP contribution in [0.1, 0.15) is 12.8 Å². The van der Waals surface area contributed by atoms with Crippen molar-refractivity contribution in [1.29, 1.82) is 0 Å². The monoisotopic (exact) mass is 243 g/mol. The number of nitrogens with zero attached hydrogens (tertiary/aromatic N) is 3. The molecule has 0 spiro atoms. The van der Waals surface area contributed by atoms with Crippen molar-refractivity contribution in [2.45, 2.75) is 12.8 Å². The maximum atomic E-state index is 5.70. The van der Waals surface area contributed by atoms with E-state index in [-0.39, 0.29) is 5.28 Å². The van der Waals surface area contributed by atoms with E-state index in [1.165, 1.54) is 6.20 Å². The number of aromatic nitrogens is 2. The predicted octanol–water partition coefficient (Wildman–Crippen LogP) is 1.47. The van der Waals surface area contributed by atoms with Gasteiger partial charge in [-0.25, -0.2) is 4.98 Å². The zero-order valence-electron chi connectivity index (χ0n) is 9.70. The normalized spacial score (nSPS) is 10.8. The molecule has 0 saturated heterocycles. The molecule has 0 fully saturated rings. The van der Waals surface area contributed by atoms with Gasteiger partial charge in [0.15, 0.2) is 5.82 Å². The van der Waals surface area contributed by atoms with Crippen LogP contribution in [0.25, 0.3) is 0 Å². The van der Waals surface area contributed by atoms with E-state index in [0.717, 1.165) is 25.9 Å². The molecule has 6 heteroatoms. The number of rotatable bonds is 6. The summed E-state index contributed by atoms with van der Waals surface area (Å²) in [5.74, 6) is 0.616. The Morgan fingerprint density at radius 3 is 2.88 bits per heavy atom. The van der Waals surface area contributed by atoms with Crippen LogP contribution in [-0.2, 0) is 0 Å². The molecule has 0 radical (unpaired) electrons. The van der Waals surface area contributed by atoms with Gasteiger partial charge in [0, 0.05) is 6.54 Å². The summed E-state index contributed by atoms with van der Waals surface area (Å²) in [6.07, 6.45) is 3.72. The summed E-state index contributed by atoms with van der Waals surface area (Å²) in [5, 5.41) is 3.36. The minimum Gasteiger partial charge on any atom is -0.394 e. The molecule has 0 aliphatic rings. The van der Waals surface area contributed by atoms with Crippen LogP contribution in [-0.4, -0.2) is 42.1 Å². The Bertz CT molecular complexity index is 329. The van der Waals surface area contributed by atoms with E-state index in [9.17, 15) is 0 Å². The molecule has 0 saturated carbocycles. The molecule has 0 bridgehead atoms. The van der Waals surface area contributed by atoms with Crippen molar-refractivity contribution in [2.75, 3.05) is 38.2 Å². The van der Waals surface area contributed by atoms with Crippen molar-refractivity contribution in [2.24, 2.45) is 0 Å². The molecule has 5 nitrogen and oxygen atoms in total. The minimum atomic E-state index is 0.213. The second kappa shape index (κ2) is 6.50. The summed E-state index contributed by atoms with van der Waals surface area (Å²) < 4.78 is 0. The third-order valence-electron chi connectivity index (χ3n) is 2.11. The van der Waals surface area contributed by atoms with Crippen LogP contribution < -0.4 is 11.1 Å². The lowest BCUT2D eigenvalue weighted by molar-refractivity contribution is 0.396. The van der Waals surface area contributed by atoms with Crippen LogP contribution in [0.3, 0.4) is 0 Å². The Morgan fingerprint density at radius 2 is 2.19 bits per heavy atom. The lowest BCUT2D eigenvalue weighted by Crippen LogP contribution is -2.14. The highest BCUT2D eigenvalue weighted by Gasteiger charge is 2.01. The molecule has 16 heavy (non-hydrogen) atoms. The fourth-order valence-electron chi connectivity index (χ4n) is 1.27. The first-order chi connectivity index (χ1) is 7.59. The summed E-state index contributed by atoms with van der Waals surface area (Å²) in [4.78, 5) is 9.97. The third-order valence-corrected chi connectivity index (χ3v) is 2.29. The van der Waals surface area contributed by atoms with Crippen LogP contribution in [0.5, 0.6) is 0 Å². The van der Waals surface area contributed by atoms with Crippen LogP contribution in [0.4, 0.5) is 11.5 Å². The number of halogens is 1. The molecule has 0 aromatic carbocycles. The number of anilines is 2. The van der Waals surface area contributed by atoms with Crippen molar-refractivity contribution in [3.8, 4) is 0 Å². The number of nitrogens with two attached hydrogens (primary N) is 1. The van der Waals surface area contributed by atoms with E-state index in [2.05, 4.69) is 34.3 Å². The first-order valence-electron chi connectivity index (χ1n) is 5.26. The Kier molecular flexibility index (Phi) is 5.28. The lowest BCUT2D eigenvalue weighted by Gasteiger charge is -2.10. The van der Waals surface area contributed by atoms with Gasteiger partial charge in [0.05, 0.1) is 11.9 Å². The Labute approximate surface area is 101 Å². The zero-order valence-corrected chi connectivity index (χ0v) is 10.5. The SMILES string of the molecule is CN(C)CCCCNc1nc(Cl)ncc1N. The van der Waals surface area contributed by atoms with E-state index in [0.29, 0.717) is 11.5 Å². The molecule has 1 rings (SSSR count). The molecule has 3 N–H and O–H groups in total. The summed E-state index contributed by atoms with van der Waals surface area (Å²) in [5.41, 5.74) is 6.22. The zero-order chi connectivity index (χ0) is 12.0. The third kappa shape index (κ3) is 4.63. The summed E-state index contributed by atoms with van der Waals surface area (Å²) in [7, 11) is 4.13. The van der Waals surface area contributed by atoms with E-state index < -0.39 is 0 Å². The van der Waals surface area contributed by atoms with Gasteiger partial charge >= 0.3 is 0 Å². The highest BCUT2D eigenvalue weighted by atomic mass is 35.5. The molecule has 90 valence electrons. The topological polar surface area (TPSA) is 67.1 Å². The second-order valence-electron chi connectivity index (χ2n) is 3.88. The first-order valence-corrected chi connectivity index (χ1v) is 5.64. The minimum absolute atomic E-state index is 0.213. The predicted molar refractivity (Wildman–Crippen MR) is 67.7 cm³/mol. The number of hydrogen-bond acceptors (Lipinski definition) is 5. The highest BCUT2D eigenvalue weighted by Crippen LogP contribution is 2.15. The van der Waals surface area contributed by atoms with Gasteiger partial charge in [-0.3, -0.25) is 0 Å². The van der Waals surface area contributed by atoms with E-state index >= 15 is 0 Å². The molecule has 1 aromatic heterocycles. The van der Waals surface area contributed by atoms with Gasteiger partial charge < -0.3 is 16.0 Å². The van der Waals surface area contributed by atoms with Crippen molar-refractivity contribution in [3.05, 3.63) is 11.5 Å². The number of nitrogen functional groups attached to an aromatic ring is 1. The largest absolute Gasteiger partial charge is 0.394 e. The van der Waals surface area contributed by atoms with E-state index in [1.807, 2.05) is 0 Å². The summed E-state index contributed by atoms with van der Waals surface area (Å²) in [6.45, 7) is 1.92. The van der Waals surface area contributed by atoms with Gasteiger partial charge in [-0.1, -0.05) is 0 Å². The van der Waals surface area contributed by atoms with Crippen LogP contribution >= 0.6 is 11.6 Å². The fourth-order valence-corrected chi connectivity index (χ4v) is 1.40. The number of hydrogen-bond donors (Lipinski definition) is 2. The smallest absolute Gasteiger partial charge is 0.224 e. The molecule has 0 aliphatic carbocycles. The van der Waals surface area contributed by atoms with Crippen LogP contribution in [0.2, 0.25) is 5.28 Å². The molecule has 0 atom stereocenters. The maximum Gasteiger partial charge on any atom is 0.224 e. The van der Waals surface area contributed by atoms with Gasteiger partial charge in [0.25, 0.3) is 0 Å². The fraction of sp³-hybridized carbons (Fsp3) is 0.600. The van der Waals surface area contributed by atoms with Gasteiger partial charge in [0.1, 0.15) is 0 Å². The highest BCUT2D eigenvalue weighted by molar-refractivity contribution is 6.28. The first kappa shape index (κ1) is 13.0. The van der Waals surface area contributed by atoms with Gasteiger partial charge in [-0.2, -0.15) is 4.98 Å². The van der Waals surface area contributed by atoms with E-state index in [1.54, 1.807) is 0 Å². The molecular formula is C10H18ClN5. The molecule has 1 heterocycles. The van der Waals surface area contributed by atoms with Gasteiger partial charge in [-0.05, 0) is 45.1 Å². The van der Waals surface area contributed by atoms with Crippen molar-refractivity contribution in [3.63, 3.8) is 0 Å². The number of nitrogens with one attached hydrogen (secondary N) is 1. The molecule has 0 unspecified atom stereocenters. The van der Waals surface area contributed by atoms with Gasteiger partial charge in [0.2, 0.25) is 5.28 Å². The van der Waals surface area contributed by atoms with Crippen LogP contribution in [0, 0.1) is 0 Å². The van der Waals surface area contributed by atoms with Crippen molar-refractivity contribution in [1.82, 2.24) is 14.9 Å². The summed E-state index contributed by atoms with van der Waals surface area (Å²) in [6, 6.07) is 0.